The molecule has 1 aromatic rings. The number of imidazole rings is 1. The first-order valence-electron chi connectivity index (χ1n) is 7.98. The van der Waals surface area contributed by atoms with Gasteiger partial charge in [-0.3, -0.25) is 4.79 Å². The number of rotatable bonds is 7. The molecule has 136 valence electrons. The van der Waals surface area contributed by atoms with Crippen molar-refractivity contribution in [3.05, 3.63) is 18.2 Å². The summed E-state index contributed by atoms with van der Waals surface area (Å²) >= 11 is 0. The highest BCUT2D eigenvalue weighted by Gasteiger charge is 2.57. The lowest BCUT2D eigenvalue weighted by Gasteiger charge is -2.30. The highest BCUT2D eigenvalue weighted by Crippen LogP contribution is 2.40. The number of hydrogen-bond donors (Lipinski definition) is 3. The van der Waals surface area contributed by atoms with Crippen LogP contribution in [0.4, 0.5) is 13.2 Å². The summed E-state index contributed by atoms with van der Waals surface area (Å²) in [6.45, 7) is 1.54. The van der Waals surface area contributed by atoms with E-state index in [2.05, 4.69) is 15.6 Å². The topological polar surface area (TPSA) is 79.2 Å². The molecular weight excluding hydrogens is 325 g/mol. The molecule has 1 aromatic heterocycles. The van der Waals surface area contributed by atoms with E-state index >= 15 is 0 Å². The zero-order valence-electron chi connectivity index (χ0n) is 13.6. The van der Waals surface area contributed by atoms with Crippen molar-refractivity contribution in [1.29, 1.82) is 0 Å². The van der Waals surface area contributed by atoms with Crippen LogP contribution in [0.5, 0.6) is 0 Å². The Hall–Kier alpha value is -1.61. The molecule has 1 saturated heterocycles. The molecule has 0 radical (unpaired) electrons. The predicted octanol–water partition coefficient (Wildman–Crippen LogP) is 1.07. The molecule has 2 rings (SSSR count). The number of halogens is 3. The van der Waals surface area contributed by atoms with Crippen molar-refractivity contribution >= 4 is 5.91 Å². The van der Waals surface area contributed by atoms with E-state index in [1.807, 2.05) is 0 Å². The summed E-state index contributed by atoms with van der Waals surface area (Å²) in [6.07, 6.45) is -1.04. The number of hydrogen-bond acceptors (Lipinski definition) is 4. The van der Waals surface area contributed by atoms with E-state index < -0.39 is 24.0 Å². The molecule has 0 aromatic carbocycles. The van der Waals surface area contributed by atoms with Crippen LogP contribution in [0, 0.1) is 5.92 Å². The monoisotopic (exact) mass is 348 g/mol. The maximum absolute atomic E-state index is 13.3. The third-order valence-electron chi connectivity index (χ3n) is 4.41. The Kier molecular flexibility index (Phi) is 5.87. The van der Waals surface area contributed by atoms with Crippen LogP contribution in [0.3, 0.4) is 0 Å². The van der Waals surface area contributed by atoms with Gasteiger partial charge in [-0.15, -0.1) is 0 Å². The van der Waals surface area contributed by atoms with Crippen molar-refractivity contribution in [3.63, 3.8) is 0 Å². The minimum absolute atomic E-state index is 0.273. The Balaban J connectivity index is 1.87. The van der Waals surface area contributed by atoms with Gasteiger partial charge in [0, 0.05) is 38.8 Å². The van der Waals surface area contributed by atoms with Gasteiger partial charge in [0.1, 0.15) is 5.82 Å². The van der Waals surface area contributed by atoms with Gasteiger partial charge >= 0.3 is 6.18 Å². The van der Waals surface area contributed by atoms with Gasteiger partial charge < -0.3 is 20.3 Å². The fourth-order valence-corrected chi connectivity index (χ4v) is 2.91. The molecule has 6 nitrogen and oxygen atoms in total. The molecule has 24 heavy (non-hydrogen) atoms. The zero-order chi connectivity index (χ0) is 17.8. The molecule has 2 heterocycles. The van der Waals surface area contributed by atoms with Gasteiger partial charge in [0.2, 0.25) is 11.5 Å². The first kappa shape index (κ1) is 18.7. The summed E-state index contributed by atoms with van der Waals surface area (Å²) in [5, 5.41) is 15.8. The van der Waals surface area contributed by atoms with E-state index in [-0.39, 0.29) is 18.9 Å². The van der Waals surface area contributed by atoms with Crippen LogP contribution in [-0.4, -0.2) is 46.4 Å². The molecule has 0 aliphatic carbocycles. The van der Waals surface area contributed by atoms with Gasteiger partial charge in [0.25, 0.3) is 0 Å². The summed E-state index contributed by atoms with van der Waals surface area (Å²) in [5.74, 6) is -0.344. The van der Waals surface area contributed by atoms with Crippen molar-refractivity contribution in [1.82, 2.24) is 20.2 Å². The molecule has 1 aliphatic rings. The quantitative estimate of drug-likeness (QED) is 0.689. The second kappa shape index (κ2) is 7.52. The minimum Gasteiger partial charge on any atom is -0.374 e. The number of aliphatic hydroxyl groups is 1. The third-order valence-corrected chi connectivity index (χ3v) is 4.41. The van der Waals surface area contributed by atoms with E-state index in [0.717, 1.165) is 24.1 Å². The van der Waals surface area contributed by atoms with Crippen molar-refractivity contribution in [2.45, 2.75) is 37.5 Å². The average Bonchev–Trinajstić information content (AvgIpc) is 3.15. The average molecular weight is 348 g/mol. The summed E-state index contributed by atoms with van der Waals surface area (Å²) in [5.41, 5.74) is -3.09. The van der Waals surface area contributed by atoms with Crippen LogP contribution >= 0.6 is 0 Å². The smallest absolute Gasteiger partial charge is 0.374 e. The normalized spacial score (nSPS) is 20.8. The SMILES string of the molecule is Cn1ccnc1C(O)(CCNC(=O)CCC1CCNC1)C(F)(F)F. The van der Waals surface area contributed by atoms with Crippen molar-refractivity contribution in [3.8, 4) is 0 Å². The molecule has 1 fully saturated rings. The second-order valence-electron chi connectivity index (χ2n) is 6.22. The van der Waals surface area contributed by atoms with Gasteiger partial charge in [-0.2, -0.15) is 13.2 Å². The number of nitrogens with zero attached hydrogens (tertiary/aromatic N) is 2. The van der Waals surface area contributed by atoms with Crippen LogP contribution in [0.2, 0.25) is 0 Å². The Morgan fingerprint density at radius 1 is 1.54 bits per heavy atom. The Labute approximate surface area is 138 Å². The standard InChI is InChI=1S/C15H23F3N4O2/c1-22-9-8-21-13(22)14(24,15(16,17)18)5-7-20-12(23)3-2-11-4-6-19-10-11/h8-9,11,19,24H,2-7,10H2,1H3,(H,20,23). The van der Waals surface area contributed by atoms with E-state index in [0.29, 0.717) is 12.3 Å². The van der Waals surface area contributed by atoms with E-state index in [1.165, 1.54) is 19.4 Å². The zero-order valence-corrected chi connectivity index (χ0v) is 13.6. The number of alkyl halides is 3. The fourth-order valence-electron chi connectivity index (χ4n) is 2.91. The minimum atomic E-state index is -4.88. The van der Waals surface area contributed by atoms with Crippen LogP contribution < -0.4 is 10.6 Å². The molecule has 2 unspecified atom stereocenters. The van der Waals surface area contributed by atoms with Gasteiger partial charge in [0.15, 0.2) is 0 Å². The highest BCUT2D eigenvalue weighted by atomic mass is 19.4. The Morgan fingerprint density at radius 3 is 2.83 bits per heavy atom. The lowest BCUT2D eigenvalue weighted by atomic mass is 9.97. The summed E-state index contributed by atoms with van der Waals surface area (Å²) in [6, 6.07) is 0. The lowest BCUT2D eigenvalue weighted by Crippen LogP contribution is -2.46. The molecule has 2 atom stereocenters. The predicted molar refractivity (Wildman–Crippen MR) is 81.0 cm³/mol. The molecule has 0 spiro atoms. The maximum Gasteiger partial charge on any atom is 0.424 e. The number of carbonyl (C=O) groups is 1. The van der Waals surface area contributed by atoms with Crippen LogP contribution in [0.1, 0.15) is 31.5 Å². The number of aromatic nitrogens is 2. The molecule has 1 aliphatic heterocycles. The van der Waals surface area contributed by atoms with Crippen LogP contribution in [-0.2, 0) is 17.4 Å². The van der Waals surface area contributed by atoms with Gasteiger partial charge in [-0.05, 0) is 31.8 Å². The summed E-state index contributed by atoms with van der Waals surface area (Å²) in [7, 11) is 1.38. The fraction of sp³-hybridized carbons (Fsp3) is 0.733. The highest BCUT2D eigenvalue weighted by molar-refractivity contribution is 5.75. The van der Waals surface area contributed by atoms with E-state index in [9.17, 15) is 23.1 Å². The number of amides is 1. The summed E-state index contributed by atoms with van der Waals surface area (Å²) < 4.78 is 41.0. The maximum atomic E-state index is 13.3. The molecule has 1 amide bonds. The molecule has 3 N–H and O–H groups in total. The van der Waals surface area contributed by atoms with Crippen molar-refractivity contribution in [2.75, 3.05) is 19.6 Å². The second-order valence-corrected chi connectivity index (χ2v) is 6.22. The van der Waals surface area contributed by atoms with E-state index in [4.69, 9.17) is 0 Å². The Morgan fingerprint density at radius 2 is 2.29 bits per heavy atom. The lowest BCUT2D eigenvalue weighted by molar-refractivity contribution is -0.272. The van der Waals surface area contributed by atoms with Gasteiger partial charge in [-0.1, -0.05) is 0 Å². The Bertz CT molecular complexity index is 555. The molecular formula is C15H23F3N4O2. The molecule has 9 heteroatoms. The first-order valence-corrected chi connectivity index (χ1v) is 7.98. The van der Waals surface area contributed by atoms with Crippen LogP contribution in [0.15, 0.2) is 12.4 Å². The van der Waals surface area contributed by atoms with Crippen molar-refractivity contribution in [2.24, 2.45) is 13.0 Å². The molecule has 0 bridgehead atoms. The largest absolute Gasteiger partial charge is 0.424 e. The molecule has 0 saturated carbocycles. The number of nitrogens with one attached hydrogen (secondary N) is 2. The van der Waals surface area contributed by atoms with E-state index in [1.54, 1.807) is 0 Å². The van der Waals surface area contributed by atoms with Crippen LogP contribution in [0.25, 0.3) is 0 Å². The number of aryl methyl sites for hydroxylation is 1. The number of carbonyl (C=O) groups excluding carboxylic acids is 1. The van der Waals surface area contributed by atoms with Crippen molar-refractivity contribution < 1.29 is 23.1 Å². The van der Waals surface area contributed by atoms with Gasteiger partial charge in [-0.25, -0.2) is 4.98 Å². The third kappa shape index (κ3) is 4.27. The first-order chi connectivity index (χ1) is 11.2. The summed E-state index contributed by atoms with van der Waals surface area (Å²) in [4.78, 5) is 15.4. The van der Waals surface area contributed by atoms with Gasteiger partial charge in [0.05, 0.1) is 0 Å².